The van der Waals surface area contributed by atoms with E-state index in [1.807, 2.05) is 12.1 Å². The molecule has 2 N–H and O–H groups in total. The summed E-state index contributed by atoms with van der Waals surface area (Å²) in [7, 11) is 2.25. The highest BCUT2D eigenvalue weighted by Gasteiger charge is 2.24. The van der Waals surface area contributed by atoms with Crippen LogP contribution in [0.3, 0.4) is 0 Å². The van der Waals surface area contributed by atoms with Crippen LogP contribution in [0.25, 0.3) is 0 Å². The Labute approximate surface area is 105 Å². The number of nitrogen functional groups attached to an aromatic ring is 1. The SMILES string of the molecule is CC1CCCCC1N(C)Cc1cccc(N)c1. The molecule has 1 fully saturated rings. The van der Waals surface area contributed by atoms with Crippen molar-refractivity contribution < 1.29 is 0 Å². The minimum Gasteiger partial charge on any atom is -0.399 e. The Hall–Kier alpha value is -1.02. The maximum atomic E-state index is 5.82. The highest BCUT2D eigenvalue weighted by atomic mass is 15.1. The Balaban J connectivity index is 1.98. The monoisotopic (exact) mass is 232 g/mol. The molecule has 1 saturated carbocycles. The van der Waals surface area contributed by atoms with Crippen molar-refractivity contribution in [1.29, 1.82) is 0 Å². The van der Waals surface area contributed by atoms with Gasteiger partial charge in [0.2, 0.25) is 0 Å². The van der Waals surface area contributed by atoms with E-state index in [0.717, 1.165) is 24.2 Å². The summed E-state index contributed by atoms with van der Waals surface area (Å²) < 4.78 is 0. The van der Waals surface area contributed by atoms with E-state index in [2.05, 4.69) is 31.0 Å². The van der Waals surface area contributed by atoms with Gasteiger partial charge in [-0.2, -0.15) is 0 Å². The minimum atomic E-state index is 0.741. The summed E-state index contributed by atoms with van der Waals surface area (Å²) in [4.78, 5) is 2.50. The van der Waals surface area contributed by atoms with E-state index in [0.29, 0.717) is 0 Å². The molecule has 0 bridgehead atoms. The van der Waals surface area contributed by atoms with E-state index in [1.54, 1.807) is 0 Å². The van der Waals surface area contributed by atoms with Crippen LogP contribution < -0.4 is 5.73 Å². The molecule has 1 aliphatic carbocycles. The second kappa shape index (κ2) is 5.54. The van der Waals surface area contributed by atoms with Crippen LogP contribution in [0.2, 0.25) is 0 Å². The first-order chi connectivity index (χ1) is 8.16. The maximum absolute atomic E-state index is 5.82. The molecule has 2 rings (SSSR count). The van der Waals surface area contributed by atoms with Gasteiger partial charge in [-0.05, 0) is 43.5 Å². The third kappa shape index (κ3) is 3.22. The summed E-state index contributed by atoms with van der Waals surface area (Å²) in [5.74, 6) is 0.829. The molecule has 0 aliphatic heterocycles. The smallest absolute Gasteiger partial charge is 0.0317 e. The Morgan fingerprint density at radius 1 is 1.29 bits per heavy atom. The largest absolute Gasteiger partial charge is 0.399 e. The molecule has 0 aromatic heterocycles. The second-order valence-corrected chi connectivity index (χ2v) is 5.49. The fourth-order valence-electron chi connectivity index (χ4n) is 3.05. The van der Waals surface area contributed by atoms with E-state index < -0.39 is 0 Å². The Morgan fingerprint density at radius 2 is 2.06 bits per heavy atom. The number of benzene rings is 1. The van der Waals surface area contributed by atoms with Gasteiger partial charge in [0, 0.05) is 18.3 Å². The van der Waals surface area contributed by atoms with Crippen molar-refractivity contribution in [3.05, 3.63) is 29.8 Å². The van der Waals surface area contributed by atoms with Crippen LogP contribution in [0.4, 0.5) is 5.69 Å². The average molecular weight is 232 g/mol. The van der Waals surface area contributed by atoms with Gasteiger partial charge in [-0.3, -0.25) is 4.90 Å². The third-order valence-electron chi connectivity index (χ3n) is 4.02. The van der Waals surface area contributed by atoms with Crippen molar-refractivity contribution >= 4 is 5.69 Å². The molecule has 2 unspecified atom stereocenters. The van der Waals surface area contributed by atoms with Crippen molar-refractivity contribution in [2.45, 2.75) is 45.2 Å². The number of nitrogens with zero attached hydrogens (tertiary/aromatic N) is 1. The molecule has 0 heterocycles. The minimum absolute atomic E-state index is 0.741. The van der Waals surface area contributed by atoms with Crippen molar-refractivity contribution in [2.24, 2.45) is 5.92 Å². The Kier molecular flexibility index (Phi) is 4.06. The molecule has 2 nitrogen and oxygen atoms in total. The fraction of sp³-hybridized carbons (Fsp3) is 0.600. The predicted octanol–water partition coefficient (Wildman–Crippen LogP) is 3.28. The number of rotatable bonds is 3. The summed E-state index contributed by atoms with van der Waals surface area (Å²) in [5, 5.41) is 0. The molecular weight excluding hydrogens is 208 g/mol. The van der Waals surface area contributed by atoms with Gasteiger partial charge in [0.15, 0.2) is 0 Å². The van der Waals surface area contributed by atoms with Gasteiger partial charge in [-0.15, -0.1) is 0 Å². The molecule has 1 aromatic rings. The first kappa shape index (κ1) is 12.4. The van der Waals surface area contributed by atoms with E-state index >= 15 is 0 Å². The van der Waals surface area contributed by atoms with Crippen LogP contribution in [0.15, 0.2) is 24.3 Å². The van der Waals surface area contributed by atoms with E-state index in [9.17, 15) is 0 Å². The molecule has 17 heavy (non-hydrogen) atoms. The van der Waals surface area contributed by atoms with Gasteiger partial charge < -0.3 is 5.73 Å². The summed E-state index contributed by atoms with van der Waals surface area (Å²) >= 11 is 0. The van der Waals surface area contributed by atoms with Crippen molar-refractivity contribution in [3.8, 4) is 0 Å². The van der Waals surface area contributed by atoms with Crippen molar-refractivity contribution in [3.63, 3.8) is 0 Å². The van der Waals surface area contributed by atoms with Crippen molar-refractivity contribution in [1.82, 2.24) is 4.90 Å². The lowest BCUT2D eigenvalue weighted by Crippen LogP contribution is -2.38. The summed E-state index contributed by atoms with van der Waals surface area (Å²) in [6.45, 7) is 3.40. The predicted molar refractivity (Wildman–Crippen MR) is 73.7 cm³/mol. The number of hydrogen-bond acceptors (Lipinski definition) is 2. The highest BCUT2D eigenvalue weighted by Crippen LogP contribution is 2.28. The van der Waals surface area contributed by atoms with Gasteiger partial charge in [0.1, 0.15) is 0 Å². The summed E-state index contributed by atoms with van der Waals surface area (Å²) in [5.41, 5.74) is 8.01. The normalized spacial score (nSPS) is 25.1. The number of nitrogens with two attached hydrogens (primary N) is 1. The maximum Gasteiger partial charge on any atom is 0.0317 e. The van der Waals surface area contributed by atoms with Gasteiger partial charge in [0.05, 0.1) is 0 Å². The van der Waals surface area contributed by atoms with Crippen LogP contribution in [0, 0.1) is 5.92 Å². The molecule has 2 heteroatoms. The lowest BCUT2D eigenvalue weighted by atomic mass is 9.85. The average Bonchev–Trinajstić information content (AvgIpc) is 2.29. The molecule has 1 aliphatic rings. The third-order valence-corrected chi connectivity index (χ3v) is 4.02. The summed E-state index contributed by atoms with van der Waals surface area (Å²) in [6.07, 6.45) is 5.52. The number of hydrogen-bond donors (Lipinski definition) is 1. The Morgan fingerprint density at radius 3 is 2.76 bits per heavy atom. The van der Waals surface area contributed by atoms with Gasteiger partial charge in [-0.1, -0.05) is 31.9 Å². The van der Waals surface area contributed by atoms with E-state index in [-0.39, 0.29) is 0 Å². The Bertz CT molecular complexity index is 362. The first-order valence-corrected chi connectivity index (χ1v) is 6.71. The highest BCUT2D eigenvalue weighted by molar-refractivity contribution is 5.40. The molecule has 0 amide bonds. The molecular formula is C15H24N2. The van der Waals surface area contributed by atoms with Gasteiger partial charge >= 0.3 is 0 Å². The zero-order valence-electron chi connectivity index (χ0n) is 11.0. The zero-order valence-corrected chi connectivity index (χ0v) is 11.0. The second-order valence-electron chi connectivity index (χ2n) is 5.49. The van der Waals surface area contributed by atoms with Gasteiger partial charge in [0.25, 0.3) is 0 Å². The van der Waals surface area contributed by atoms with Crippen LogP contribution in [-0.4, -0.2) is 18.0 Å². The quantitative estimate of drug-likeness (QED) is 0.810. The van der Waals surface area contributed by atoms with E-state index in [1.165, 1.54) is 31.2 Å². The fourth-order valence-corrected chi connectivity index (χ4v) is 3.05. The first-order valence-electron chi connectivity index (χ1n) is 6.71. The van der Waals surface area contributed by atoms with Crippen LogP contribution in [0.5, 0.6) is 0 Å². The van der Waals surface area contributed by atoms with Crippen molar-refractivity contribution in [2.75, 3.05) is 12.8 Å². The summed E-state index contributed by atoms with van der Waals surface area (Å²) in [6, 6.07) is 8.99. The molecule has 2 atom stereocenters. The molecule has 1 aromatic carbocycles. The zero-order chi connectivity index (χ0) is 12.3. The van der Waals surface area contributed by atoms with Crippen LogP contribution in [0.1, 0.15) is 38.2 Å². The lowest BCUT2D eigenvalue weighted by molar-refractivity contribution is 0.133. The van der Waals surface area contributed by atoms with Crippen LogP contribution in [-0.2, 0) is 6.54 Å². The molecule has 94 valence electrons. The van der Waals surface area contributed by atoms with Crippen LogP contribution >= 0.6 is 0 Å². The standard InChI is InChI=1S/C15H24N2/c1-12-6-3-4-9-15(12)17(2)11-13-7-5-8-14(16)10-13/h5,7-8,10,12,15H,3-4,6,9,11,16H2,1-2H3. The topological polar surface area (TPSA) is 29.3 Å². The molecule has 0 radical (unpaired) electrons. The van der Waals surface area contributed by atoms with E-state index in [4.69, 9.17) is 5.73 Å². The lowest BCUT2D eigenvalue weighted by Gasteiger charge is -2.36. The van der Waals surface area contributed by atoms with Gasteiger partial charge in [-0.25, -0.2) is 0 Å². The molecule has 0 spiro atoms. The molecule has 0 saturated heterocycles. The number of anilines is 1.